The van der Waals surface area contributed by atoms with Gasteiger partial charge in [0.15, 0.2) is 5.78 Å². The van der Waals surface area contributed by atoms with Crippen molar-refractivity contribution in [1.82, 2.24) is 0 Å². The molecule has 0 amide bonds. The molecule has 18 heavy (non-hydrogen) atoms. The van der Waals surface area contributed by atoms with E-state index in [0.717, 1.165) is 25.7 Å². The number of furan rings is 1. The van der Waals surface area contributed by atoms with Crippen LogP contribution in [0, 0.1) is 0 Å². The number of carboxylic acids is 1. The van der Waals surface area contributed by atoms with Crippen LogP contribution < -0.4 is 0 Å². The highest BCUT2D eigenvalue weighted by Gasteiger charge is 2.36. The number of ketones is 1. The van der Waals surface area contributed by atoms with Crippen LogP contribution >= 0.6 is 0 Å². The minimum absolute atomic E-state index is 0.00331. The minimum Gasteiger partial charge on any atom is -0.475 e. The molecule has 4 nitrogen and oxygen atoms in total. The molecule has 96 valence electrons. The summed E-state index contributed by atoms with van der Waals surface area (Å²) >= 11 is 0. The Bertz CT molecular complexity index is 506. The molecule has 2 aliphatic carbocycles. The van der Waals surface area contributed by atoms with Crippen molar-refractivity contribution < 1.29 is 19.1 Å². The summed E-state index contributed by atoms with van der Waals surface area (Å²) < 4.78 is 5.54. The molecule has 0 radical (unpaired) electrons. The monoisotopic (exact) mass is 248 g/mol. The molecular formula is C14H16O4. The SMILES string of the molecule is O=C(O)c1oc(C2CCCCC2)c2c1CCC2=O. The predicted molar refractivity (Wildman–Crippen MR) is 64.1 cm³/mol. The highest BCUT2D eigenvalue weighted by Crippen LogP contribution is 2.40. The number of Topliss-reactive ketones (excluding diaryl/α,β-unsaturated/α-hetero) is 1. The second-order valence-corrected chi connectivity index (χ2v) is 5.21. The lowest BCUT2D eigenvalue weighted by atomic mass is 9.85. The van der Waals surface area contributed by atoms with Crippen molar-refractivity contribution >= 4 is 11.8 Å². The molecule has 0 atom stereocenters. The van der Waals surface area contributed by atoms with E-state index in [4.69, 9.17) is 9.52 Å². The maximum absolute atomic E-state index is 11.9. The molecule has 1 fully saturated rings. The number of carbonyl (C=O) groups excluding carboxylic acids is 1. The van der Waals surface area contributed by atoms with E-state index in [1.165, 1.54) is 6.42 Å². The second-order valence-electron chi connectivity index (χ2n) is 5.21. The summed E-state index contributed by atoms with van der Waals surface area (Å²) in [5.41, 5.74) is 1.23. The molecule has 0 bridgehead atoms. The number of aromatic carboxylic acids is 1. The van der Waals surface area contributed by atoms with E-state index >= 15 is 0 Å². The van der Waals surface area contributed by atoms with Gasteiger partial charge < -0.3 is 9.52 Å². The average Bonchev–Trinajstić information content (AvgIpc) is 2.92. The Morgan fingerprint density at radius 3 is 2.56 bits per heavy atom. The van der Waals surface area contributed by atoms with Crippen molar-refractivity contribution in [3.8, 4) is 0 Å². The Labute approximate surface area is 105 Å². The third-order valence-electron chi connectivity index (χ3n) is 4.09. The molecule has 2 aliphatic rings. The van der Waals surface area contributed by atoms with Gasteiger partial charge >= 0.3 is 5.97 Å². The van der Waals surface area contributed by atoms with Crippen LogP contribution in [0.3, 0.4) is 0 Å². The quantitative estimate of drug-likeness (QED) is 0.872. The van der Waals surface area contributed by atoms with Gasteiger partial charge in [0.2, 0.25) is 5.76 Å². The topological polar surface area (TPSA) is 67.5 Å². The van der Waals surface area contributed by atoms with Crippen LogP contribution in [0.15, 0.2) is 4.42 Å². The lowest BCUT2D eigenvalue weighted by Crippen LogP contribution is -2.07. The van der Waals surface area contributed by atoms with Crippen molar-refractivity contribution in [2.24, 2.45) is 0 Å². The molecule has 0 saturated heterocycles. The highest BCUT2D eigenvalue weighted by molar-refractivity contribution is 6.04. The fourth-order valence-electron chi connectivity index (χ4n) is 3.22. The van der Waals surface area contributed by atoms with Gasteiger partial charge in [0.05, 0.1) is 5.56 Å². The first-order chi connectivity index (χ1) is 8.68. The van der Waals surface area contributed by atoms with Gasteiger partial charge in [-0.2, -0.15) is 0 Å². The fraction of sp³-hybridized carbons (Fsp3) is 0.571. The van der Waals surface area contributed by atoms with Gasteiger partial charge in [-0.05, 0) is 19.3 Å². The van der Waals surface area contributed by atoms with Crippen molar-refractivity contribution in [2.45, 2.75) is 50.9 Å². The summed E-state index contributed by atoms with van der Waals surface area (Å²) in [5, 5.41) is 9.14. The van der Waals surface area contributed by atoms with Crippen LogP contribution in [0.2, 0.25) is 0 Å². The standard InChI is InChI=1S/C14H16O4/c15-10-7-6-9-11(10)12(18-13(9)14(16)17)8-4-2-1-3-5-8/h8H,1-7H2,(H,16,17). The van der Waals surface area contributed by atoms with E-state index in [-0.39, 0.29) is 17.5 Å². The Kier molecular flexibility index (Phi) is 2.73. The molecule has 1 heterocycles. The molecule has 0 aliphatic heterocycles. The minimum atomic E-state index is -1.05. The van der Waals surface area contributed by atoms with E-state index < -0.39 is 5.97 Å². The lowest BCUT2D eigenvalue weighted by molar-refractivity contribution is 0.0656. The van der Waals surface area contributed by atoms with E-state index in [1.807, 2.05) is 0 Å². The van der Waals surface area contributed by atoms with Crippen molar-refractivity contribution in [3.63, 3.8) is 0 Å². The van der Waals surface area contributed by atoms with Gasteiger partial charge in [-0.25, -0.2) is 4.79 Å². The van der Waals surface area contributed by atoms with Crippen LogP contribution in [-0.2, 0) is 6.42 Å². The average molecular weight is 248 g/mol. The first kappa shape index (κ1) is 11.5. The molecule has 0 spiro atoms. The number of hydrogen-bond donors (Lipinski definition) is 1. The maximum atomic E-state index is 11.9. The maximum Gasteiger partial charge on any atom is 0.372 e. The van der Waals surface area contributed by atoms with E-state index in [0.29, 0.717) is 29.7 Å². The summed E-state index contributed by atoms with van der Waals surface area (Å²) in [5.74, 6) is -0.103. The molecule has 0 aromatic carbocycles. The third kappa shape index (κ3) is 1.67. The summed E-state index contributed by atoms with van der Waals surface area (Å²) in [6.07, 6.45) is 6.46. The predicted octanol–water partition coefficient (Wildman–Crippen LogP) is 3.15. The number of rotatable bonds is 2. The molecule has 1 N–H and O–H groups in total. The van der Waals surface area contributed by atoms with Crippen LogP contribution in [0.5, 0.6) is 0 Å². The number of hydrogen-bond acceptors (Lipinski definition) is 3. The number of fused-ring (bicyclic) bond motifs is 1. The van der Waals surface area contributed by atoms with E-state index in [1.54, 1.807) is 0 Å². The molecule has 1 saturated carbocycles. The lowest BCUT2D eigenvalue weighted by Gasteiger charge is -2.20. The van der Waals surface area contributed by atoms with Crippen LogP contribution in [0.25, 0.3) is 0 Å². The van der Waals surface area contributed by atoms with Gasteiger partial charge in [0, 0.05) is 17.9 Å². The highest BCUT2D eigenvalue weighted by atomic mass is 16.4. The molecule has 1 aromatic rings. The van der Waals surface area contributed by atoms with E-state index in [9.17, 15) is 9.59 Å². The van der Waals surface area contributed by atoms with Crippen molar-refractivity contribution in [3.05, 3.63) is 22.6 Å². The van der Waals surface area contributed by atoms with E-state index in [2.05, 4.69) is 0 Å². The zero-order valence-corrected chi connectivity index (χ0v) is 10.2. The number of carboxylic acid groups (broad SMARTS) is 1. The molecular weight excluding hydrogens is 232 g/mol. The largest absolute Gasteiger partial charge is 0.475 e. The molecule has 4 heteroatoms. The second kappa shape index (κ2) is 4.26. The third-order valence-corrected chi connectivity index (χ3v) is 4.09. The Hall–Kier alpha value is -1.58. The van der Waals surface area contributed by atoms with Crippen molar-refractivity contribution in [2.75, 3.05) is 0 Å². The first-order valence-electron chi connectivity index (χ1n) is 6.60. The Morgan fingerprint density at radius 1 is 1.17 bits per heavy atom. The smallest absolute Gasteiger partial charge is 0.372 e. The first-order valence-corrected chi connectivity index (χ1v) is 6.60. The summed E-state index contributed by atoms with van der Waals surface area (Å²) in [4.78, 5) is 23.1. The Morgan fingerprint density at radius 2 is 1.89 bits per heavy atom. The molecule has 0 unspecified atom stereocenters. The molecule has 3 rings (SSSR count). The summed E-state index contributed by atoms with van der Waals surface area (Å²) in [6, 6.07) is 0. The molecule has 1 aromatic heterocycles. The zero-order chi connectivity index (χ0) is 12.7. The fourth-order valence-corrected chi connectivity index (χ4v) is 3.22. The van der Waals surface area contributed by atoms with Gasteiger partial charge in [0.25, 0.3) is 0 Å². The van der Waals surface area contributed by atoms with Crippen LogP contribution in [-0.4, -0.2) is 16.9 Å². The van der Waals surface area contributed by atoms with Crippen molar-refractivity contribution in [1.29, 1.82) is 0 Å². The van der Waals surface area contributed by atoms with Gasteiger partial charge in [0.1, 0.15) is 5.76 Å². The summed E-state index contributed by atoms with van der Waals surface area (Å²) in [7, 11) is 0. The van der Waals surface area contributed by atoms with Gasteiger partial charge in [-0.3, -0.25) is 4.79 Å². The van der Waals surface area contributed by atoms with Gasteiger partial charge in [-0.15, -0.1) is 0 Å². The van der Waals surface area contributed by atoms with Gasteiger partial charge in [-0.1, -0.05) is 19.3 Å². The summed E-state index contributed by atoms with van der Waals surface area (Å²) in [6.45, 7) is 0. The normalized spacial score (nSPS) is 20.1. The number of carbonyl (C=O) groups is 2. The Balaban J connectivity index is 2.06. The van der Waals surface area contributed by atoms with Crippen LogP contribution in [0.4, 0.5) is 0 Å². The van der Waals surface area contributed by atoms with Crippen LogP contribution in [0.1, 0.15) is 76.7 Å². The zero-order valence-electron chi connectivity index (χ0n) is 10.2.